The highest BCUT2D eigenvalue weighted by Crippen LogP contribution is 2.16. The zero-order chi connectivity index (χ0) is 14.3. The SMILES string of the molecule is Cc1cc(S(=O)(=O)NCCSCCCO)ccc1N. The summed E-state index contributed by atoms with van der Waals surface area (Å²) in [6, 6.07) is 4.67. The monoisotopic (exact) mass is 304 g/mol. The average Bonchev–Trinajstić information content (AvgIpc) is 2.36. The maximum absolute atomic E-state index is 12.0. The van der Waals surface area contributed by atoms with Crippen LogP contribution in [-0.2, 0) is 10.0 Å². The Hall–Kier alpha value is -0.760. The number of aliphatic hydroxyl groups is 1. The van der Waals surface area contributed by atoms with Crippen molar-refractivity contribution in [2.75, 3.05) is 30.4 Å². The molecule has 1 rings (SSSR count). The van der Waals surface area contributed by atoms with Gasteiger partial charge in [0.1, 0.15) is 0 Å². The second-order valence-electron chi connectivity index (χ2n) is 4.11. The number of hydrogen-bond donors (Lipinski definition) is 3. The lowest BCUT2D eigenvalue weighted by Gasteiger charge is -2.08. The van der Waals surface area contributed by atoms with Crippen LogP contribution in [-0.4, -0.2) is 38.2 Å². The molecule has 0 aliphatic rings. The zero-order valence-corrected chi connectivity index (χ0v) is 12.6. The molecule has 0 amide bonds. The molecular formula is C12H20N2O3S2. The minimum atomic E-state index is -3.46. The molecule has 5 nitrogen and oxygen atoms in total. The highest BCUT2D eigenvalue weighted by atomic mass is 32.2. The van der Waals surface area contributed by atoms with E-state index >= 15 is 0 Å². The number of nitrogens with two attached hydrogens (primary N) is 1. The van der Waals surface area contributed by atoms with Crippen molar-refractivity contribution < 1.29 is 13.5 Å². The van der Waals surface area contributed by atoms with Crippen LogP contribution in [0.5, 0.6) is 0 Å². The van der Waals surface area contributed by atoms with Crippen molar-refractivity contribution in [3.63, 3.8) is 0 Å². The summed E-state index contributed by atoms with van der Waals surface area (Å²) in [5.41, 5.74) is 6.99. The lowest BCUT2D eigenvalue weighted by atomic mass is 10.2. The van der Waals surface area contributed by atoms with Gasteiger partial charge in [-0.1, -0.05) is 0 Å². The standard InChI is InChI=1S/C12H20N2O3S2/c1-10-9-11(3-4-12(10)13)19(16,17)14-5-8-18-7-2-6-15/h3-4,9,14-15H,2,5-8,13H2,1H3. The van der Waals surface area contributed by atoms with Gasteiger partial charge in [-0.2, -0.15) is 11.8 Å². The molecule has 0 radical (unpaired) electrons. The number of anilines is 1. The molecule has 0 aliphatic carbocycles. The average molecular weight is 304 g/mol. The molecule has 108 valence electrons. The molecular weight excluding hydrogens is 284 g/mol. The maximum atomic E-state index is 12.0. The van der Waals surface area contributed by atoms with Crippen molar-refractivity contribution in [2.24, 2.45) is 0 Å². The van der Waals surface area contributed by atoms with Crippen molar-refractivity contribution in [1.82, 2.24) is 4.72 Å². The first-order valence-corrected chi connectivity index (χ1v) is 8.65. The molecule has 0 bridgehead atoms. The largest absolute Gasteiger partial charge is 0.399 e. The number of aliphatic hydroxyl groups excluding tert-OH is 1. The summed E-state index contributed by atoms with van der Waals surface area (Å²) in [7, 11) is -3.46. The number of rotatable bonds is 8. The van der Waals surface area contributed by atoms with Gasteiger partial charge in [-0.05, 0) is 42.9 Å². The van der Waals surface area contributed by atoms with Gasteiger partial charge in [-0.15, -0.1) is 0 Å². The van der Waals surface area contributed by atoms with Crippen LogP contribution in [0, 0.1) is 6.92 Å². The number of nitrogen functional groups attached to an aromatic ring is 1. The summed E-state index contributed by atoms with van der Waals surface area (Å²) in [6.45, 7) is 2.32. The van der Waals surface area contributed by atoms with Gasteiger partial charge in [-0.25, -0.2) is 13.1 Å². The van der Waals surface area contributed by atoms with Crippen LogP contribution >= 0.6 is 11.8 Å². The van der Waals surface area contributed by atoms with E-state index in [1.807, 2.05) is 0 Å². The number of aryl methyl sites for hydroxylation is 1. The number of sulfonamides is 1. The van der Waals surface area contributed by atoms with E-state index in [1.54, 1.807) is 30.8 Å². The van der Waals surface area contributed by atoms with Gasteiger partial charge in [0.2, 0.25) is 10.0 Å². The molecule has 0 atom stereocenters. The fourth-order valence-electron chi connectivity index (χ4n) is 1.42. The molecule has 0 fully saturated rings. The third kappa shape index (κ3) is 5.40. The third-order valence-electron chi connectivity index (χ3n) is 2.54. The number of benzene rings is 1. The van der Waals surface area contributed by atoms with Crippen LogP contribution in [0.3, 0.4) is 0 Å². The summed E-state index contributed by atoms with van der Waals surface area (Å²) in [4.78, 5) is 0.236. The molecule has 0 aromatic heterocycles. The Balaban J connectivity index is 2.49. The minimum absolute atomic E-state index is 0.170. The second-order valence-corrected chi connectivity index (χ2v) is 7.10. The fourth-order valence-corrected chi connectivity index (χ4v) is 3.45. The molecule has 0 spiro atoms. The van der Waals surface area contributed by atoms with E-state index in [4.69, 9.17) is 10.8 Å². The number of thioether (sulfide) groups is 1. The summed E-state index contributed by atoms with van der Waals surface area (Å²) in [6.07, 6.45) is 0.731. The third-order valence-corrected chi connectivity index (χ3v) is 5.07. The number of hydrogen-bond acceptors (Lipinski definition) is 5. The van der Waals surface area contributed by atoms with Crippen molar-refractivity contribution in [3.05, 3.63) is 23.8 Å². The Kier molecular flexibility index (Phi) is 6.64. The molecule has 4 N–H and O–H groups in total. The van der Waals surface area contributed by atoms with E-state index < -0.39 is 10.0 Å². The van der Waals surface area contributed by atoms with Gasteiger partial charge in [0.25, 0.3) is 0 Å². The van der Waals surface area contributed by atoms with Crippen molar-refractivity contribution in [3.8, 4) is 0 Å². The van der Waals surface area contributed by atoms with Crippen LogP contribution in [0.15, 0.2) is 23.1 Å². The van der Waals surface area contributed by atoms with Crippen LogP contribution in [0.1, 0.15) is 12.0 Å². The van der Waals surface area contributed by atoms with Crippen LogP contribution in [0.25, 0.3) is 0 Å². The van der Waals surface area contributed by atoms with Gasteiger partial charge < -0.3 is 10.8 Å². The van der Waals surface area contributed by atoms with E-state index in [0.717, 1.165) is 17.7 Å². The van der Waals surface area contributed by atoms with Gasteiger partial charge in [0.05, 0.1) is 4.90 Å². The van der Waals surface area contributed by atoms with Crippen LogP contribution < -0.4 is 10.5 Å². The van der Waals surface area contributed by atoms with Gasteiger partial charge in [-0.3, -0.25) is 0 Å². The van der Waals surface area contributed by atoms with Crippen molar-refractivity contribution in [1.29, 1.82) is 0 Å². The summed E-state index contributed by atoms with van der Waals surface area (Å²) < 4.78 is 26.5. The van der Waals surface area contributed by atoms with E-state index in [1.165, 1.54) is 6.07 Å². The smallest absolute Gasteiger partial charge is 0.240 e. The Morgan fingerprint density at radius 2 is 2.11 bits per heavy atom. The maximum Gasteiger partial charge on any atom is 0.240 e. The van der Waals surface area contributed by atoms with Gasteiger partial charge >= 0.3 is 0 Å². The van der Waals surface area contributed by atoms with Gasteiger partial charge in [0, 0.05) is 24.6 Å². The summed E-state index contributed by atoms with van der Waals surface area (Å²) in [5, 5.41) is 8.61. The van der Waals surface area contributed by atoms with Crippen LogP contribution in [0.2, 0.25) is 0 Å². The second kappa shape index (κ2) is 7.74. The molecule has 7 heteroatoms. The predicted molar refractivity (Wildman–Crippen MR) is 79.8 cm³/mol. The highest BCUT2D eigenvalue weighted by molar-refractivity contribution is 7.99. The highest BCUT2D eigenvalue weighted by Gasteiger charge is 2.13. The lowest BCUT2D eigenvalue weighted by Crippen LogP contribution is -2.26. The van der Waals surface area contributed by atoms with E-state index in [0.29, 0.717) is 18.0 Å². The van der Waals surface area contributed by atoms with E-state index in [-0.39, 0.29) is 11.5 Å². The lowest BCUT2D eigenvalue weighted by molar-refractivity contribution is 0.296. The Bertz CT molecular complexity index is 504. The normalized spacial score (nSPS) is 11.7. The topological polar surface area (TPSA) is 92.4 Å². The van der Waals surface area contributed by atoms with Crippen molar-refractivity contribution in [2.45, 2.75) is 18.2 Å². The molecule has 1 aromatic rings. The molecule has 0 saturated heterocycles. The first-order chi connectivity index (χ1) is 8.97. The first-order valence-electron chi connectivity index (χ1n) is 6.02. The molecule has 19 heavy (non-hydrogen) atoms. The quantitative estimate of drug-likeness (QED) is 0.491. The summed E-state index contributed by atoms with van der Waals surface area (Å²) in [5.74, 6) is 1.52. The Labute approximate surface area is 118 Å². The zero-order valence-electron chi connectivity index (χ0n) is 10.9. The number of nitrogens with one attached hydrogen (secondary N) is 1. The molecule has 0 unspecified atom stereocenters. The van der Waals surface area contributed by atoms with E-state index in [2.05, 4.69) is 4.72 Å². The Morgan fingerprint density at radius 1 is 1.37 bits per heavy atom. The predicted octanol–water partition coefficient (Wildman–Crippen LogP) is 0.971. The molecule has 1 aromatic carbocycles. The summed E-state index contributed by atoms with van der Waals surface area (Å²) >= 11 is 1.61. The first kappa shape index (κ1) is 16.3. The van der Waals surface area contributed by atoms with Crippen molar-refractivity contribution >= 4 is 27.5 Å². The fraction of sp³-hybridized carbons (Fsp3) is 0.500. The van der Waals surface area contributed by atoms with Gasteiger partial charge in [0.15, 0.2) is 0 Å². The molecule has 0 aliphatic heterocycles. The molecule has 0 saturated carbocycles. The van der Waals surface area contributed by atoms with E-state index in [9.17, 15) is 8.42 Å². The minimum Gasteiger partial charge on any atom is -0.399 e. The molecule has 0 heterocycles. The Morgan fingerprint density at radius 3 is 2.74 bits per heavy atom. The van der Waals surface area contributed by atoms with Crippen LogP contribution in [0.4, 0.5) is 5.69 Å².